The molecule has 0 saturated heterocycles. The molecule has 2 atom stereocenters. The first kappa shape index (κ1) is 24.9. The van der Waals surface area contributed by atoms with Crippen LogP contribution in [0.3, 0.4) is 0 Å². The van der Waals surface area contributed by atoms with Gasteiger partial charge in [0, 0.05) is 5.41 Å². The van der Waals surface area contributed by atoms with E-state index in [1.807, 2.05) is 0 Å². The maximum atomic E-state index is 11.4. The largest absolute Gasteiger partial charge is 0.392 e. The van der Waals surface area contributed by atoms with Crippen LogP contribution in [0.1, 0.15) is 120 Å². The molecule has 2 N–H and O–H groups in total. The van der Waals surface area contributed by atoms with Gasteiger partial charge in [0.05, 0.1) is 12.2 Å². The van der Waals surface area contributed by atoms with Gasteiger partial charge in [0.15, 0.2) is 0 Å². The van der Waals surface area contributed by atoms with E-state index in [0.29, 0.717) is 0 Å². The number of aliphatic hydroxyl groups excluding tert-OH is 2. The Labute approximate surface area is 158 Å². The third kappa shape index (κ3) is 7.99. The Morgan fingerprint density at radius 1 is 0.560 bits per heavy atom. The zero-order valence-corrected chi connectivity index (χ0v) is 18.6. The summed E-state index contributed by atoms with van der Waals surface area (Å²) in [5.41, 5.74) is -0.846. The van der Waals surface area contributed by atoms with Crippen LogP contribution in [0.4, 0.5) is 0 Å². The van der Waals surface area contributed by atoms with Gasteiger partial charge < -0.3 is 10.2 Å². The molecule has 0 aliphatic heterocycles. The third-order valence-corrected chi connectivity index (χ3v) is 5.72. The lowest BCUT2D eigenvalue weighted by atomic mass is 9.58. The number of rotatable bonds is 12. The summed E-state index contributed by atoms with van der Waals surface area (Å²) in [5, 5.41) is 22.8. The van der Waals surface area contributed by atoms with Crippen LogP contribution >= 0.6 is 0 Å². The first-order chi connectivity index (χ1) is 11.4. The number of hydrogen-bond acceptors (Lipinski definition) is 2. The average Bonchev–Trinajstić information content (AvgIpc) is 2.50. The normalized spacial score (nSPS) is 16.1. The lowest BCUT2D eigenvalue weighted by Crippen LogP contribution is -2.55. The maximum Gasteiger partial charge on any atom is 0.0669 e. The fourth-order valence-corrected chi connectivity index (χ4v) is 4.31. The molecule has 0 amide bonds. The molecular weight excluding hydrogens is 308 g/mol. The van der Waals surface area contributed by atoms with Crippen LogP contribution in [0, 0.1) is 16.2 Å². The number of hydrogen-bond donors (Lipinski definition) is 2. The van der Waals surface area contributed by atoms with E-state index in [1.165, 1.54) is 38.5 Å². The Morgan fingerprint density at radius 2 is 0.880 bits per heavy atom. The smallest absolute Gasteiger partial charge is 0.0669 e. The van der Waals surface area contributed by atoms with Crippen molar-refractivity contribution in [3.05, 3.63) is 0 Å². The van der Waals surface area contributed by atoms with E-state index in [4.69, 9.17) is 0 Å². The van der Waals surface area contributed by atoms with Crippen molar-refractivity contribution in [2.24, 2.45) is 16.2 Å². The van der Waals surface area contributed by atoms with E-state index in [-0.39, 0.29) is 10.8 Å². The van der Waals surface area contributed by atoms with E-state index in [9.17, 15) is 10.2 Å². The summed E-state index contributed by atoms with van der Waals surface area (Å²) < 4.78 is 0. The molecular formula is C23H48O2. The molecule has 0 aliphatic carbocycles. The lowest BCUT2D eigenvalue weighted by Gasteiger charge is -2.51. The van der Waals surface area contributed by atoms with Gasteiger partial charge >= 0.3 is 0 Å². The summed E-state index contributed by atoms with van der Waals surface area (Å²) in [6.45, 7) is 17.1. The van der Waals surface area contributed by atoms with Crippen molar-refractivity contribution in [2.75, 3.05) is 0 Å². The van der Waals surface area contributed by atoms with Crippen molar-refractivity contribution < 1.29 is 10.2 Å². The van der Waals surface area contributed by atoms with Gasteiger partial charge in [0.25, 0.3) is 0 Å². The van der Waals surface area contributed by atoms with Gasteiger partial charge in [-0.2, -0.15) is 0 Å². The van der Waals surface area contributed by atoms with Gasteiger partial charge in [-0.05, 0) is 23.7 Å². The Kier molecular flexibility index (Phi) is 10.9. The number of unbranched alkanes of at least 4 members (excludes halogenated alkanes) is 6. The molecule has 0 spiro atoms. The van der Waals surface area contributed by atoms with Crippen molar-refractivity contribution in [1.29, 1.82) is 0 Å². The van der Waals surface area contributed by atoms with Crippen LogP contribution in [0.15, 0.2) is 0 Å². The van der Waals surface area contributed by atoms with Crippen molar-refractivity contribution in [1.82, 2.24) is 0 Å². The second kappa shape index (κ2) is 10.9. The van der Waals surface area contributed by atoms with E-state index in [1.54, 1.807) is 0 Å². The maximum absolute atomic E-state index is 11.4. The van der Waals surface area contributed by atoms with Gasteiger partial charge in [0.1, 0.15) is 0 Å². The highest BCUT2D eigenvalue weighted by molar-refractivity contribution is 5.00. The van der Waals surface area contributed by atoms with Crippen LogP contribution in [0.25, 0.3) is 0 Å². The minimum absolute atomic E-state index is 0.220. The summed E-state index contributed by atoms with van der Waals surface area (Å²) in [5.74, 6) is 0. The average molecular weight is 357 g/mol. The van der Waals surface area contributed by atoms with Crippen molar-refractivity contribution in [3.63, 3.8) is 0 Å². The van der Waals surface area contributed by atoms with Crippen LogP contribution in [0.2, 0.25) is 0 Å². The van der Waals surface area contributed by atoms with Crippen molar-refractivity contribution in [3.8, 4) is 0 Å². The summed E-state index contributed by atoms with van der Waals surface area (Å²) >= 11 is 0. The topological polar surface area (TPSA) is 40.5 Å². The molecule has 2 nitrogen and oxygen atoms in total. The van der Waals surface area contributed by atoms with Gasteiger partial charge in [-0.3, -0.25) is 0 Å². The molecule has 0 fully saturated rings. The highest BCUT2D eigenvalue weighted by Crippen LogP contribution is 2.49. The first-order valence-corrected chi connectivity index (χ1v) is 10.8. The standard InChI is InChI=1S/C23H48O2/c1-9-11-13-15-17-23(18-16-14-12-10-2,19(24)21(3,4)5)20(25)22(6,7)8/h19-20,24-25H,9-18H2,1-8H3. The minimum Gasteiger partial charge on any atom is -0.392 e. The van der Waals surface area contributed by atoms with E-state index >= 15 is 0 Å². The summed E-state index contributed by atoms with van der Waals surface area (Å²) in [4.78, 5) is 0. The van der Waals surface area contributed by atoms with Crippen LogP contribution in [0.5, 0.6) is 0 Å². The van der Waals surface area contributed by atoms with E-state index in [2.05, 4.69) is 55.4 Å². The van der Waals surface area contributed by atoms with Crippen molar-refractivity contribution >= 4 is 0 Å². The van der Waals surface area contributed by atoms with Gasteiger partial charge in [0.2, 0.25) is 0 Å². The molecule has 0 saturated carbocycles. The zero-order valence-electron chi connectivity index (χ0n) is 18.6. The second-order valence-electron chi connectivity index (χ2n) is 10.4. The van der Waals surface area contributed by atoms with Crippen LogP contribution < -0.4 is 0 Å². The highest BCUT2D eigenvalue weighted by Gasteiger charge is 2.51. The molecule has 0 bridgehead atoms. The quantitative estimate of drug-likeness (QED) is 0.381. The second-order valence-corrected chi connectivity index (χ2v) is 10.4. The Hall–Kier alpha value is -0.0800. The molecule has 0 rings (SSSR count). The molecule has 0 aromatic carbocycles. The minimum atomic E-state index is -0.488. The van der Waals surface area contributed by atoms with Gasteiger partial charge in [-0.1, -0.05) is 107 Å². The first-order valence-electron chi connectivity index (χ1n) is 10.8. The predicted molar refractivity (Wildman–Crippen MR) is 111 cm³/mol. The monoisotopic (exact) mass is 356 g/mol. The van der Waals surface area contributed by atoms with Gasteiger partial charge in [-0.15, -0.1) is 0 Å². The van der Waals surface area contributed by atoms with Crippen molar-refractivity contribution in [2.45, 2.75) is 132 Å². The van der Waals surface area contributed by atoms with Crippen LogP contribution in [-0.4, -0.2) is 22.4 Å². The zero-order chi connectivity index (χ0) is 19.7. The highest BCUT2D eigenvalue weighted by atomic mass is 16.3. The fraction of sp³-hybridized carbons (Fsp3) is 1.00. The van der Waals surface area contributed by atoms with E-state index in [0.717, 1.165) is 25.7 Å². The number of aliphatic hydroxyl groups is 2. The third-order valence-electron chi connectivity index (χ3n) is 5.72. The summed E-state index contributed by atoms with van der Waals surface area (Å²) in [6.07, 6.45) is 10.4. The fourth-order valence-electron chi connectivity index (χ4n) is 4.31. The molecule has 0 heterocycles. The molecule has 0 radical (unpaired) electrons. The predicted octanol–water partition coefficient (Wildman–Crippen LogP) is 6.73. The Morgan fingerprint density at radius 3 is 1.12 bits per heavy atom. The molecule has 2 heteroatoms. The lowest BCUT2D eigenvalue weighted by molar-refractivity contribution is -0.157. The van der Waals surface area contributed by atoms with E-state index < -0.39 is 17.6 Å². The Balaban J connectivity index is 5.59. The molecule has 0 aliphatic rings. The summed E-state index contributed by atoms with van der Waals surface area (Å²) in [6, 6.07) is 0. The molecule has 0 aromatic rings. The molecule has 25 heavy (non-hydrogen) atoms. The molecule has 2 unspecified atom stereocenters. The SMILES string of the molecule is CCCCCCC(CCCCCC)(C(O)C(C)(C)C)C(O)C(C)(C)C. The molecule has 152 valence electrons. The van der Waals surface area contributed by atoms with Crippen LogP contribution in [-0.2, 0) is 0 Å². The Bertz CT molecular complexity index is 301. The molecule has 0 aromatic heterocycles. The van der Waals surface area contributed by atoms with Gasteiger partial charge in [-0.25, -0.2) is 0 Å². The summed E-state index contributed by atoms with van der Waals surface area (Å²) in [7, 11) is 0.